The van der Waals surface area contributed by atoms with Crippen molar-refractivity contribution in [2.75, 3.05) is 5.32 Å². The van der Waals surface area contributed by atoms with E-state index in [0.717, 1.165) is 0 Å². The molecule has 1 aromatic carbocycles. The van der Waals surface area contributed by atoms with Crippen molar-refractivity contribution in [1.82, 2.24) is 0 Å². The molecule has 2 N–H and O–H groups in total. The Bertz CT molecular complexity index is 594. The van der Waals surface area contributed by atoms with Crippen molar-refractivity contribution in [3.63, 3.8) is 0 Å². The molecule has 2 atom stereocenters. The van der Waals surface area contributed by atoms with E-state index in [1.807, 2.05) is 0 Å². The lowest BCUT2D eigenvalue weighted by atomic mass is 9.82. The minimum atomic E-state index is -0.997. The van der Waals surface area contributed by atoms with E-state index in [1.54, 1.807) is 12.2 Å². The van der Waals surface area contributed by atoms with Crippen molar-refractivity contribution in [2.45, 2.75) is 12.8 Å². The van der Waals surface area contributed by atoms with Crippen molar-refractivity contribution in [2.24, 2.45) is 11.8 Å². The Hall–Kier alpha value is -2.70. The van der Waals surface area contributed by atoms with E-state index in [4.69, 9.17) is 5.11 Å². The van der Waals surface area contributed by atoms with Crippen molar-refractivity contribution in [3.8, 4) is 0 Å². The van der Waals surface area contributed by atoms with Crippen LogP contribution in [0.3, 0.4) is 0 Å². The Kier molecular flexibility index (Phi) is 4.32. The fraction of sp³-hybridized carbons (Fsp3) is 0.286. The third kappa shape index (κ3) is 3.44. The van der Waals surface area contributed by atoms with Gasteiger partial charge in [0.25, 0.3) is 5.69 Å². The molecule has 21 heavy (non-hydrogen) atoms. The van der Waals surface area contributed by atoms with Crippen molar-refractivity contribution in [1.29, 1.82) is 0 Å². The van der Waals surface area contributed by atoms with Crippen molar-refractivity contribution >= 4 is 23.3 Å². The minimum absolute atomic E-state index is 0.0722. The van der Waals surface area contributed by atoms with Crippen LogP contribution in [0.4, 0.5) is 11.4 Å². The highest BCUT2D eigenvalue weighted by Gasteiger charge is 2.33. The van der Waals surface area contributed by atoms with Gasteiger partial charge in [-0.25, -0.2) is 0 Å². The first-order valence-electron chi connectivity index (χ1n) is 6.42. The molecule has 1 aromatic rings. The molecule has 0 fully saturated rings. The normalized spacial score (nSPS) is 20.8. The molecule has 1 amide bonds. The van der Waals surface area contributed by atoms with Crippen LogP contribution in [0.2, 0.25) is 0 Å². The number of rotatable bonds is 4. The third-order valence-electron chi connectivity index (χ3n) is 3.43. The van der Waals surface area contributed by atoms with Crippen LogP contribution in [0.1, 0.15) is 12.8 Å². The standard InChI is InChI=1S/C14H14N2O5/c17-13(11-3-1-2-4-12(11)14(18)19)15-9-5-7-10(8-6-9)16(20)21/h1-2,5-8,11-12H,3-4H2,(H,15,17)(H,18,19)/t11-,12-/m0/s1. The van der Waals surface area contributed by atoms with Crippen LogP contribution in [-0.2, 0) is 9.59 Å². The van der Waals surface area contributed by atoms with Gasteiger partial charge in [-0.1, -0.05) is 12.2 Å². The molecule has 7 heteroatoms. The van der Waals surface area contributed by atoms with E-state index in [0.29, 0.717) is 18.5 Å². The molecule has 0 bridgehead atoms. The van der Waals surface area contributed by atoms with Gasteiger partial charge < -0.3 is 10.4 Å². The smallest absolute Gasteiger partial charge is 0.307 e. The number of hydrogen-bond donors (Lipinski definition) is 2. The van der Waals surface area contributed by atoms with Gasteiger partial charge in [-0.15, -0.1) is 0 Å². The lowest BCUT2D eigenvalue weighted by molar-refractivity contribution is -0.384. The van der Waals surface area contributed by atoms with Crippen LogP contribution in [0.15, 0.2) is 36.4 Å². The lowest BCUT2D eigenvalue weighted by Gasteiger charge is -2.24. The molecule has 0 spiro atoms. The number of carbonyl (C=O) groups excluding carboxylic acids is 1. The quantitative estimate of drug-likeness (QED) is 0.502. The second kappa shape index (κ2) is 6.17. The number of allylic oxidation sites excluding steroid dienone is 2. The topological polar surface area (TPSA) is 110 Å². The number of carboxylic acid groups (broad SMARTS) is 1. The molecule has 0 aliphatic heterocycles. The van der Waals surface area contributed by atoms with Crippen LogP contribution >= 0.6 is 0 Å². The molecular formula is C14H14N2O5. The minimum Gasteiger partial charge on any atom is -0.481 e. The number of nitrogens with zero attached hydrogens (tertiary/aromatic N) is 1. The van der Waals surface area contributed by atoms with Gasteiger partial charge in [0.05, 0.1) is 16.8 Å². The first-order valence-corrected chi connectivity index (χ1v) is 6.42. The maximum atomic E-state index is 12.2. The van der Waals surface area contributed by atoms with E-state index < -0.39 is 22.7 Å². The van der Waals surface area contributed by atoms with Gasteiger partial charge in [-0.3, -0.25) is 19.7 Å². The molecule has 1 aliphatic carbocycles. The summed E-state index contributed by atoms with van der Waals surface area (Å²) in [6.07, 6.45) is 4.25. The Morgan fingerprint density at radius 3 is 2.24 bits per heavy atom. The molecule has 7 nitrogen and oxygen atoms in total. The summed E-state index contributed by atoms with van der Waals surface area (Å²) < 4.78 is 0. The van der Waals surface area contributed by atoms with E-state index in [1.165, 1.54) is 24.3 Å². The lowest BCUT2D eigenvalue weighted by Crippen LogP contribution is -2.34. The number of nitrogens with one attached hydrogen (secondary N) is 1. The maximum Gasteiger partial charge on any atom is 0.307 e. The summed E-state index contributed by atoms with van der Waals surface area (Å²) in [7, 11) is 0. The third-order valence-corrected chi connectivity index (χ3v) is 3.43. The highest BCUT2D eigenvalue weighted by molar-refractivity contribution is 5.95. The first-order chi connectivity index (χ1) is 9.99. The van der Waals surface area contributed by atoms with Crippen LogP contribution < -0.4 is 5.32 Å². The fourth-order valence-corrected chi connectivity index (χ4v) is 2.28. The average Bonchev–Trinajstić information content (AvgIpc) is 2.47. The average molecular weight is 290 g/mol. The number of non-ortho nitro benzene ring substituents is 1. The largest absolute Gasteiger partial charge is 0.481 e. The number of benzene rings is 1. The van der Waals surface area contributed by atoms with Gasteiger partial charge in [0, 0.05) is 17.8 Å². The highest BCUT2D eigenvalue weighted by atomic mass is 16.6. The van der Waals surface area contributed by atoms with Crippen molar-refractivity contribution < 1.29 is 19.6 Å². The monoisotopic (exact) mass is 290 g/mol. The number of carboxylic acids is 1. The van der Waals surface area contributed by atoms with Gasteiger partial charge in [0.1, 0.15) is 0 Å². The van der Waals surface area contributed by atoms with Crippen LogP contribution in [0.5, 0.6) is 0 Å². The molecule has 0 saturated heterocycles. The summed E-state index contributed by atoms with van der Waals surface area (Å²) in [5.74, 6) is -2.76. The SMILES string of the molecule is O=C(O)[C@H]1CC=CC[C@@H]1C(=O)Nc1ccc([N+](=O)[O-])cc1. The Balaban J connectivity index is 2.08. The summed E-state index contributed by atoms with van der Waals surface area (Å²) in [5.41, 5.74) is 0.335. The Morgan fingerprint density at radius 1 is 1.14 bits per heavy atom. The number of aliphatic carboxylic acids is 1. The molecule has 0 saturated carbocycles. The summed E-state index contributed by atoms with van der Waals surface area (Å²) in [6, 6.07) is 5.41. The number of amides is 1. The van der Waals surface area contributed by atoms with E-state index in [-0.39, 0.29) is 11.6 Å². The second-order valence-electron chi connectivity index (χ2n) is 4.79. The molecule has 0 radical (unpaired) electrons. The first kappa shape index (κ1) is 14.7. The van der Waals surface area contributed by atoms with E-state index in [9.17, 15) is 19.7 Å². The van der Waals surface area contributed by atoms with Gasteiger partial charge >= 0.3 is 5.97 Å². The van der Waals surface area contributed by atoms with Crippen LogP contribution in [0.25, 0.3) is 0 Å². The van der Waals surface area contributed by atoms with Gasteiger partial charge in [-0.2, -0.15) is 0 Å². The predicted molar refractivity (Wildman–Crippen MR) is 74.7 cm³/mol. The molecule has 110 valence electrons. The molecule has 0 heterocycles. The molecule has 0 aromatic heterocycles. The summed E-state index contributed by atoms with van der Waals surface area (Å²) in [6.45, 7) is 0. The Morgan fingerprint density at radius 2 is 1.71 bits per heavy atom. The highest BCUT2D eigenvalue weighted by Crippen LogP contribution is 2.27. The van der Waals surface area contributed by atoms with Crippen LogP contribution in [-0.4, -0.2) is 21.9 Å². The zero-order valence-electron chi connectivity index (χ0n) is 11.1. The predicted octanol–water partition coefficient (Wildman–Crippen LogP) is 2.20. The van der Waals surface area contributed by atoms with Gasteiger partial charge in [0.15, 0.2) is 0 Å². The molecule has 1 aliphatic rings. The number of nitro benzene ring substituents is 1. The number of carbonyl (C=O) groups is 2. The van der Waals surface area contributed by atoms with Gasteiger partial charge in [0.2, 0.25) is 5.91 Å². The maximum absolute atomic E-state index is 12.2. The van der Waals surface area contributed by atoms with E-state index in [2.05, 4.69) is 5.32 Å². The summed E-state index contributed by atoms with van der Waals surface area (Å²) in [4.78, 5) is 33.3. The van der Waals surface area contributed by atoms with Crippen molar-refractivity contribution in [3.05, 3.63) is 46.5 Å². The fourth-order valence-electron chi connectivity index (χ4n) is 2.28. The van der Waals surface area contributed by atoms with E-state index >= 15 is 0 Å². The van der Waals surface area contributed by atoms with Gasteiger partial charge in [-0.05, 0) is 25.0 Å². The zero-order chi connectivity index (χ0) is 15.4. The van der Waals surface area contributed by atoms with Crippen LogP contribution in [0, 0.1) is 22.0 Å². The molecular weight excluding hydrogens is 276 g/mol. The molecule has 2 rings (SSSR count). The summed E-state index contributed by atoms with van der Waals surface area (Å²) >= 11 is 0. The zero-order valence-corrected chi connectivity index (χ0v) is 11.1. The summed E-state index contributed by atoms with van der Waals surface area (Å²) in [5, 5.41) is 22.3. The number of nitro groups is 1. The number of anilines is 1. The second-order valence-corrected chi connectivity index (χ2v) is 4.79. The Labute approximate surface area is 120 Å². The molecule has 0 unspecified atom stereocenters. The number of hydrogen-bond acceptors (Lipinski definition) is 4.